The Bertz CT molecular complexity index is 241. The van der Waals surface area contributed by atoms with E-state index in [4.69, 9.17) is 0 Å². The fraction of sp³-hybridized carbons (Fsp3) is 1.00. The number of alkyl halides is 3. The van der Waals surface area contributed by atoms with Gasteiger partial charge in [-0.1, -0.05) is 33.6 Å². The van der Waals surface area contributed by atoms with Crippen LogP contribution in [0.3, 0.4) is 0 Å². The van der Waals surface area contributed by atoms with Crippen LogP contribution in [-0.2, 0) is 0 Å². The third-order valence-electron chi connectivity index (χ3n) is 3.71. The summed E-state index contributed by atoms with van der Waals surface area (Å²) in [5.74, 6) is 0.583. The van der Waals surface area contributed by atoms with Crippen molar-refractivity contribution >= 4 is 0 Å². The highest BCUT2D eigenvalue weighted by Gasteiger charge is 2.34. The third kappa shape index (κ3) is 6.07. The van der Waals surface area contributed by atoms with Gasteiger partial charge in [0.2, 0.25) is 0 Å². The maximum atomic E-state index is 12.4. The predicted octanol–water partition coefficient (Wildman–Crippen LogP) is 4.48. The Labute approximate surface area is 109 Å². The molecule has 0 spiro atoms. The van der Waals surface area contributed by atoms with Crippen molar-refractivity contribution in [2.24, 2.45) is 11.3 Å². The van der Waals surface area contributed by atoms with Crippen LogP contribution in [0.5, 0.6) is 0 Å². The highest BCUT2D eigenvalue weighted by molar-refractivity contribution is 4.82. The van der Waals surface area contributed by atoms with Gasteiger partial charge in [0.15, 0.2) is 0 Å². The van der Waals surface area contributed by atoms with Gasteiger partial charge in [-0.25, -0.2) is 0 Å². The standard InChI is InChI=1S/C14H26F3N/c1-13(2,3)9-11-6-5-7-12(8-11)18(4)10-14(15,16)17/h11-12H,5-10H2,1-4H3. The van der Waals surface area contributed by atoms with Crippen LogP contribution in [0.4, 0.5) is 13.2 Å². The van der Waals surface area contributed by atoms with E-state index in [1.165, 1.54) is 11.3 Å². The van der Waals surface area contributed by atoms with Gasteiger partial charge >= 0.3 is 6.18 Å². The molecule has 108 valence electrons. The van der Waals surface area contributed by atoms with Crippen molar-refractivity contribution in [3.8, 4) is 0 Å². The first-order valence-corrected chi connectivity index (χ1v) is 6.84. The summed E-state index contributed by atoms with van der Waals surface area (Å²) in [7, 11) is 1.61. The molecule has 0 radical (unpaired) electrons. The molecule has 1 rings (SSSR count). The largest absolute Gasteiger partial charge is 0.401 e. The second-order valence-electron chi connectivity index (χ2n) is 6.98. The highest BCUT2D eigenvalue weighted by Crippen LogP contribution is 2.36. The monoisotopic (exact) mass is 265 g/mol. The Morgan fingerprint density at radius 1 is 1.11 bits per heavy atom. The zero-order chi connectivity index (χ0) is 14.0. The lowest BCUT2D eigenvalue weighted by Crippen LogP contribution is -2.41. The molecule has 4 heteroatoms. The molecule has 1 fully saturated rings. The number of rotatable bonds is 3. The molecule has 0 amide bonds. The predicted molar refractivity (Wildman–Crippen MR) is 68.5 cm³/mol. The maximum Gasteiger partial charge on any atom is 0.401 e. The highest BCUT2D eigenvalue weighted by atomic mass is 19.4. The number of nitrogens with zero attached hydrogens (tertiary/aromatic N) is 1. The summed E-state index contributed by atoms with van der Waals surface area (Å²) in [6, 6.07) is 0.104. The molecule has 1 nitrogen and oxygen atoms in total. The van der Waals surface area contributed by atoms with E-state index < -0.39 is 12.7 Å². The Hall–Kier alpha value is -0.250. The van der Waals surface area contributed by atoms with E-state index in [-0.39, 0.29) is 11.5 Å². The smallest absolute Gasteiger partial charge is 0.295 e. The first-order valence-electron chi connectivity index (χ1n) is 6.84. The van der Waals surface area contributed by atoms with Crippen LogP contribution in [0, 0.1) is 11.3 Å². The molecule has 1 saturated carbocycles. The summed E-state index contributed by atoms with van der Waals surface area (Å²) < 4.78 is 37.2. The van der Waals surface area contributed by atoms with Gasteiger partial charge in [0, 0.05) is 6.04 Å². The SMILES string of the molecule is CN(CC(F)(F)F)C1CCCC(CC(C)(C)C)C1. The molecule has 2 atom stereocenters. The van der Waals surface area contributed by atoms with Crippen molar-refractivity contribution in [3.05, 3.63) is 0 Å². The minimum atomic E-state index is -4.08. The Morgan fingerprint density at radius 3 is 2.22 bits per heavy atom. The van der Waals surface area contributed by atoms with Gasteiger partial charge in [0.25, 0.3) is 0 Å². The lowest BCUT2D eigenvalue weighted by molar-refractivity contribution is -0.149. The molecule has 0 saturated heterocycles. The van der Waals surface area contributed by atoms with E-state index in [1.54, 1.807) is 7.05 Å². The molecule has 2 unspecified atom stereocenters. The van der Waals surface area contributed by atoms with E-state index in [2.05, 4.69) is 20.8 Å². The van der Waals surface area contributed by atoms with E-state index >= 15 is 0 Å². The minimum absolute atomic E-state index is 0.104. The molecule has 1 aliphatic rings. The van der Waals surface area contributed by atoms with Crippen molar-refractivity contribution < 1.29 is 13.2 Å². The van der Waals surface area contributed by atoms with Crippen LogP contribution in [0.25, 0.3) is 0 Å². The van der Waals surface area contributed by atoms with Gasteiger partial charge in [0.1, 0.15) is 0 Å². The molecule has 1 aliphatic carbocycles. The van der Waals surface area contributed by atoms with Crippen molar-refractivity contribution in [3.63, 3.8) is 0 Å². The Balaban J connectivity index is 2.48. The van der Waals surface area contributed by atoms with Crippen molar-refractivity contribution in [1.29, 1.82) is 0 Å². The van der Waals surface area contributed by atoms with Gasteiger partial charge in [-0.05, 0) is 37.6 Å². The van der Waals surface area contributed by atoms with Crippen molar-refractivity contribution in [2.45, 2.75) is 65.1 Å². The summed E-state index contributed by atoms with van der Waals surface area (Å²) in [6.07, 6.45) is 1.10. The van der Waals surface area contributed by atoms with E-state index in [0.29, 0.717) is 5.92 Å². The van der Waals surface area contributed by atoms with Crippen LogP contribution in [0.15, 0.2) is 0 Å². The molecular weight excluding hydrogens is 239 g/mol. The molecule has 0 aromatic carbocycles. The van der Waals surface area contributed by atoms with Crippen LogP contribution < -0.4 is 0 Å². The average Bonchev–Trinajstić information content (AvgIpc) is 2.12. The van der Waals surface area contributed by atoms with Crippen molar-refractivity contribution in [1.82, 2.24) is 4.90 Å². The molecule has 0 aliphatic heterocycles. The lowest BCUT2D eigenvalue weighted by Gasteiger charge is -2.37. The molecule has 18 heavy (non-hydrogen) atoms. The molecule has 0 bridgehead atoms. The van der Waals surface area contributed by atoms with E-state index in [9.17, 15) is 13.2 Å². The average molecular weight is 265 g/mol. The summed E-state index contributed by atoms with van der Waals surface area (Å²) in [5.41, 5.74) is 0.273. The normalized spacial score (nSPS) is 26.7. The van der Waals surface area contributed by atoms with Crippen LogP contribution in [-0.4, -0.2) is 30.7 Å². The minimum Gasteiger partial charge on any atom is -0.295 e. The molecule has 0 N–H and O–H groups in total. The van der Waals surface area contributed by atoms with Gasteiger partial charge in [0.05, 0.1) is 6.54 Å². The summed E-state index contributed by atoms with van der Waals surface area (Å²) in [6.45, 7) is 5.84. The summed E-state index contributed by atoms with van der Waals surface area (Å²) in [5, 5.41) is 0. The Morgan fingerprint density at radius 2 is 1.72 bits per heavy atom. The molecule has 0 aromatic rings. The van der Waals surface area contributed by atoms with E-state index in [0.717, 1.165) is 25.7 Å². The first-order chi connectivity index (χ1) is 8.07. The molecule has 0 aromatic heterocycles. The van der Waals surface area contributed by atoms with Crippen LogP contribution >= 0.6 is 0 Å². The van der Waals surface area contributed by atoms with Gasteiger partial charge in [-0.2, -0.15) is 13.2 Å². The van der Waals surface area contributed by atoms with Gasteiger partial charge in [-0.15, -0.1) is 0 Å². The number of hydrogen-bond acceptors (Lipinski definition) is 1. The topological polar surface area (TPSA) is 3.24 Å². The van der Waals surface area contributed by atoms with Gasteiger partial charge in [-0.3, -0.25) is 4.90 Å². The fourth-order valence-electron chi connectivity index (χ4n) is 3.13. The first kappa shape index (κ1) is 15.8. The zero-order valence-electron chi connectivity index (χ0n) is 12.0. The van der Waals surface area contributed by atoms with Gasteiger partial charge < -0.3 is 0 Å². The second kappa shape index (κ2) is 5.81. The third-order valence-corrected chi connectivity index (χ3v) is 3.71. The fourth-order valence-corrected chi connectivity index (χ4v) is 3.13. The maximum absolute atomic E-state index is 12.4. The molecular formula is C14H26F3N. The van der Waals surface area contributed by atoms with Crippen LogP contribution in [0.1, 0.15) is 52.9 Å². The quantitative estimate of drug-likeness (QED) is 0.727. The lowest BCUT2D eigenvalue weighted by atomic mass is 9.76. The van der Waals surface area contributed by atoms with E-state index in [1.807, 2.05) is 0 Å². The van der Waals surface area contributed by atoms with Crippen LogP contribution in [0.2, 0.25) is 0 Å². The molecule has 0 heterocycles. The Kier molecular flexibility index (Phi) is 5.10. The van der Waals surface area contributed by atoms with Crippen molar-refractivity contribution in [2.75, 3.05) is 13.6 Å². The zero-order valence-corrected chi connectivity index (χ0v) is 12.0. The number of halogens is 3. The number of hydrogen-bond donors (Lipinski definition) is 0. The summed E-state index contributed by atoms with van der Waals surface area (Å²) in [4.78, 5) is 1.49. The second-order valence-corrected chi connectivity index (χ2v) is 6.98. The summed E-state index contributed by atoms with van der Waals surface area (Å²) >= 11 is 0.